The molecule has 20 heavy (non-hydrogen) atoms. The van der Waals surface area contributed by atoms with Crippen molar-refractivity contribution in [2.45, 2.75) is 0 Å². The van der Waals surface area contributed by atoms with Crippen molar-refractivity contribution in [3.8, 4) is 0 Å². The normalized spacial score (nSPS) is 14.9. The zero-order valence-corrected chi connectivity index (χ0v) is 11.8. The lowest BCUT2D eigenvalue weighted by Crippen LogP contribution is -1.99. The number of aldehydes is 1. The van der Waals surface area contributed by atoms with Gasteiger partial charge < -0.3 is 0 Å². The van der Waals surface area contributed by atoms with Crippen LogP contribution in [-0.2, 0) is 4.79 Å². The summed E-state index contributed by atoms with van der Waals surface area (Å²) >= 11 is 1.73. The predicted octanol–water partition coefficient (Wildman–Crippen LogP) is 4.43. The molecule has 0 spiro atoms. The third-order valence-electron chi connectivity index (χ3n) is 3.23. The first-order valence-electron chi connectivity index (χ1n) is 6.52. The molecule has 2 heteroatoms. The van der Waals surface area contributed by atoms with Crippen LogP contribution < -0.4 is 0 Å². The van der Waals surface area contributed by atoms with Crippen molar-refractivity contribution in [3.05, 3.63) is 83.4 Å². The Balaban J connectivity index is 2.17. The average Bonchev–Trinajstić information content (AvgIpc) is 2.56. The lowest BCUT2D eigenvalue weighted by atomic mass is 10.00. The largest absolute Gasteiger partial charge is 0.298 e. The highest BCUT2D eigenvalue weighted by molar-refractivity contribution is 8.08. The quantitative estimate of drug-likeness (QED) is 0.773. The monoisotopic (exact) mass is 278 g/mol. The zero-order valence-electron chi connectivity index (χ0n) is 11.0. The highest BCUT2D eigenvalue weighted by atomic mass is 32.2. The van der Waals surface area contributed by atoms with Gasteiger partial charge in [-0.2, -0.15) is 0 Å². The molecule has 0 N–H and O–H groups in total. The van der Waals surface area contributed by atoms with E-state index < -0.39 is 0 Å². The van der Waals surface area contributed by atoms with Crippen LogP contribution in [0.15, 0.2) is 72.3 Å². The summed E-state index contributed by atoms with van der Waals surface area (Å²) < 4.78 is 0. The topological polar surface area (TPSA) is 17.1 Å². The average molecular weight is 278 g/mol. The molecule has 0 atom stereocenters. The number of benzene rings is 2. The SMILES string of the molecule is O=CC1=CC(c2ccccc2)=C(c2ccccc2)SC1. The lowest BCUT2D eigenvalue weighted by Gasteiger charge is -2.18. The summed E-state index contributed by atoms with van der Waals surface area (Å²) in [7, 11) is 0. The second-order valence-electron chi connectivity index (χ2n) is 4.60. The van der Waals surface area contributed by atoms with Crippen molar-refractivity contribution >= 4 is 28.5 Å². The second kappa shape index (κ2) is 5.93. The van der Waals surface area contributed by atoms with Crippen LogP contribution in [0.4, 0.5) is 0 Å². The van der Waals surface area contributed by atoms with E-state index in [0.717, 1.165) is 28.7 Å². The number of rotatable bonds is 3. The van der Waals surface area contributed by atoms with E-state index in [1.165, 1.54) is 10.5 Å². The molecule has 1 aliphatic rings. The number of hydrogen-bond donors (Lipinski definition) is 0. The van der Waals surface area contributed by atoms with E-state index in [4.69, 9.17) is 0 Å². The Morgan fingerprint density at radius 1 is 0.850 bits per heavy atom. The van der Waals surface area contributed by atoms with Crippen LogP contribution in [0, 0.1) is 0 Å². The van der Waals surface area contributed by atoms with Crippen molar-refractivity contribution in [1.29, 1.82) is 0 Å². The smallest absolute Gasteiger partial charge is 0.146 e. The fourth-order valence-electron chi connectivity index (χ4n) is 2.25. The van der Waals surface area contributed by atoms with Crippen molar-refractivity contribution in [1.82, 2.24) is 0 Å². The van der Waals surface area contributed by atoms with Crippen LogP contribution in [0.1, 0.15) is 11.1 Å². The maximum atomic E-state index is 11.1. The van der Waals surface area contributed by atoms with E-state index >= 15 is 0 Å². The van der Waals surface area contributed by atoms with Crippen LogP contribution in [0.5, 0.6) is 0 Å². The molecule has 3 rings (SSSR count). The molecule has 0 radical (unpaired) electrons. The Kier molecular flexibility index (Phi) is 3.84. The third kappa shape index (κ3) is 2.61. The molecular weight excluding hydrogens is 264 g/mol. The van der Waals surface area contributed by atoms with E-state index in [1.54, 1.807) is 11.8 Å². The predicted molar refractivity (Wildman–Crippen MR) is 86.3 cm³/mol. The van der Waals surface area contributed by atoms with Gasteiger partial charge in [0.2, 0.25) is 0 Å². The van der Waals surface area contributed by atoms with Crippen LogP contribution in [-0.4, -0.2) is 12.0 Å². The molecule has 0 fully saturated rings. The fourth-order valence-corrected chi connectivity index (χ4v) is 3.35. The first kappa shape index (κ1) is 12.9. The third-order valence-corrected chi connectivity index (χ3v) is 4.45. The maximum absolute atomic E-state index is 11.1. The molecule has 0 aromatic heterocycles. The molecule has 98 valence electrons. The number of thioether (sulfide) groups is 1. The Morgan fingerprint density at radius 3 is 2.05 bits per heavy atom. The number of allylic oxidation sites excluding steroid dienone is 2. The summed E-state index contributed by atoms with van der Waals surface area (Å²) in [4.78, 5) is 12.3. The number of hydrogen-bond acceptors (Lipinski definition) is 2. The van der Waals surface area contributed by atoms with Gasteiger partial charge in [0, 0.05) is 16.2 Å². The van der Waals surface area contributed by atoms with Gasteiger partial charge >= 0.3 is 0 Å². The van der Waals surface area contributed by atoms with Crippen LogP contribution >= 0.6 is 11.8 Å². The first-order valence-corrected chi connectivity index (χ1v) is 7.51. The summed E-state index contributed by atoms with van der Waals surface area (Å²) in [6, 6.07) is 20.6. The fraction of sp³-hybridized carbons (Fsp3) is 0.0556. The van der Waals surface area contributed by atoms with E-state index in [1.807, 2.05) is 42.5 Å². The minimum absolute atomic E-state index is 0.740. The van der Waals surface area contributed by atoms with Gasteiger partial charge in [-0.3, -0.25) is 4.79 Å². The Bertz CT molecular complexity index is 669. The minimum Gasteiger partial charge on any atom is -0.298 e. The highest BCUT2D eigenvalue weighted by Gasteiger charge is 2.16. The maximum Gasteiger partial charge on any atom is 0.146 e. The summed E-state index contributed by atoms with van der Waals surface area (Å²) in [5, 5.41) is 0. The zero-order chi connectivity index (χ0) is 13.8. The first-order chi connectivity index (χ1) is 9.88. The van der Waals surface area contributed by atoms with E-state index in [0.29, 0.717) is 0 Å². The molecule has 0 amide bonds. The van der Waals surface area contributed by atoms with Crippen LogP contribution in [0.3, 0.4) is 0 Å². The van der Waals surface area contributed by atoms with Crippen molar-refractivity contribution in [2.75, 3.05) is 5.75 Å². The van der Waals surface area contributed by atoms with E-state index in [9.17, 15) is 4.79 Å². The van der Waals surface area contributed by atoms with Gasteiger partial charge in [-0.05, 0) is 22.8 Å². The Hall–Kier alpha value is -2.06. The van der Waals surface area contributed by atoms with Gasteiger partial charge in [-0.25, -0.2) is 0 Å². The van der Waals surface area contributed by atoms with Crippen LogP contribution in [0.25, 0.3) is 10.5 Å². The molecule has 2 aromatic rings. The van der Waals surface area contributed by atoms with Gasteiger partial charge in [-0.15, -0.1) is 11.8 Å². The van der Waals surface area contributed by atoms with Gasteiger partial charge in [0.15, 0.2) is 0 Å². The van der Waals surface area contributed by atoms with E-state index in [2.05, 4.69) is 24.3 Å². The van der Waals surface area contributed by atoms with Crippen LogP contribution in [0.2, 0.25) is 0 Å². The van der Waals surface area contributed by atoms with Crippen molar-refractivity contribution in [3.63, 3.8) is 0 Å². The molecule has 0 unspecified atom stereocenters. The highest BCUT2D eigenvalue weighted by Crippen LogP contribution is 2.40. The Labute approximate surface area is 123 Å². The van der Waals surface area contributed by atoms with Crippen molar-refractivity contribution in [2.24, 2.45) is 0 Å². The van der Waals surface area contributed by atoms with Gasteiger partial charge in [0.1, 0.15) is 6.29 Å². The van der Waals surface area contributed by atoms with Gasteiger partial charge in [0.05, 0.1) is 0 Å². The number of carbonyl (C=O) groups excluding carboxylic acids is 1. The molecule has 0 saturated carbocycles. The molecular formula is C18H14OS. The lowest BCUT2D eigenvalue weighted by molar-refractivity contribution is -0.104. The molecule has 1 nitrogen and oxygen atoms in total. The second-order valence-corrected chi connectivity index (χ2v) is 5.59. The molecule has 0 aliphatic carbocycles. The molecule has 0 bridgehead atoms. The Morgan fingerprint density at radius 2 is 1.45 bits per heavy atom. The van der Waals surface area contributed by atoms with E-state index in [-0.39, 0.29) is 0 Å². The van der Waals surface area contributed by atoms with Crippen molar-refractivity contribution < 1.29 is 4.79 Å². The van der Waals surface area contributed by atoms with Gasteiger partial charge in [-0.1, -0.05) is 60.7 Å². The molecule has 1 heterocycles. The summed E-state index contributed by atoms with van der Waals surface area (Å²) in [5.74, 6) is 0.740. The summed E-state index contributed by atoms with van der Waals surface area (Å²) in [6.45, 7) is 0. The molecule has 2 aromatic carbocycles. The van der Waals surface area contributed by atoms with Gasteiger partial charge in [0.25, 0.3) is 0 Å². The summed E-state index contributed by atoms with van der Waals surface area (Å²) in [6.07, 6.45) is 2.97. The number of carbonyl (C=O) groups is 1. The summed E-state index contributed by atoms with van der Waals surface area (Å²) in [5.41, 5.74) is 4.33. The molecule has 1 aliphatic heterocycles. The standard InChI is InChI=1S/C18H14OS/c19-12-14-11-17(15-7-3-1-4-8-15)18(20-13-14)16-9-5-2-6-10-16/h1-12H,13H2. The molecule has 0 saturated heterocycles. The minimum atomic E-state index is 0.740.